The lowest BCUT2D eigenvalue weighted by Crippen LogP contribution is -2.25. The zero-order chi connectivity index (χ0) is 15.5. The number of carbonyl (C=O) groups excluding carboxylic acids is 2. The Hall–Kier alpha value is -1.84. The molecule has 0 spiro atoms. The first-order valence-electron chi connectivity index (χ1n) is 7.42. The van der Waals surface area contributed by atoms with Gasteiger partial charge in [0, 0.05) is 12.8 Å². The van der Waals surface area contributed by atoms with Crippen molar-refractivity contribution in [1.29, 1.82) is 0 Å². The molecular weight excluding hydrogens is 268 g/mol. The molecule has 4 nitrogen and oxygen atoms in total. The Kier molecular flexibility index (Phi) is 4.66. The van der Waals surface area contributed by atoms with E-state index < -0.39 is 0 Å². The Morgan fingerprint density at radius 3 is 2.76 bits per heavy atom. The average Bonchev–Trinajstić information content (AvgIpc) is 2.75. The number of para-hydroxylation sites is 1. The van der Waals surface area contributed by atoms with Crippen LogP contribution in [0.5, 0.6) is 5.75 Å². The van der Waals surface area contributed by atoms with E-state index in [1.807, 2.05) is 32.9 Å². The fourth-order valence-corrected chi connectivity index (χ4v) is 2.47. The molecule has 0 radical (unpaired) electrons. The average molecular weight is 290 g/mol. The SMILES string of the molecule is CCCOC(=O)CCC(=O)c1cccc2c1OC(C)(C)C2. The van der Waals surface area contributed by atoms with Crippen LogP contribution in [0.25, 0.3) is 0 Å². The molecule has 0 fully saturated rings. The number of hydrogen-bond acceptors (Lipinski definition) is 4. The number of fused-ring (bicyclic) bond motifs is 1. The maximum atomic E-state index is 12.3. The number of carbonyl (C=O) groups is 2. The Bertz CT molecular complexity index is 546. The van der Waals surface area contributed by atoms with Gasteiger partial charge < -0.3 is 9.47 Å². The Balaban J connectivity index is 2.02. The number of rotatable bonds is 6. The van der Waals surface area contributed by atoms with Gasteiger partial charge in [0.1, 0.15) is 11.4 Å². The van der Waals surface area contributed by atoms with Crippen molar-refractivity contribution in [1.82, 2.24) is 0 Å². The molecule has 21 heavy (non-hydrogen) atoms. The van der Waals surface area contributed by atoms with Crippen molar-refractivity contribution in [2.24, 2.45) is 0 Å². The molecule has 0 amide bonds. The van der Waals surface area contributed by atoms with Crippen molar-refractivity contribution in [2.75, 3.05) is 6.61 Å². The Labute approximate surface area is 125 Å². The van der Waals surface area contributed by atoms with Crippen molar-refractivity contribution in [2.45, 2.75) is 52.1 Å². The summed E-state index contributed by atoms with van der Waals surface area (Å²) in [6.07, 6.45) is 1.85. The van der Waals surface area contributed by atoms with Gasteiger partial charge in [0.05, 0.1) is 18.6 Å². The molecule has 1 aromatic rings. The van der Waals surface area contributed by atoms with Crippen LogP contribution >= 0.6 is 0 Å². The minimum Gasteiger partial charge on any atom is -0.486 e. The highest BCUT2D eigenvalue weighted by Gasteiger charge is 2.32. The first-order chi connectivity index (χ1) is 9.93. The summed E-state index contributed by atoms with van der Waals surface area (Å²) < 4.78 is 10.9. The highest BCUT2D eigenvalue weighted by atomic mass is 16.5. The van der Waals surface area contributed by atoms with Gasteiger partial charge in [-0.3, -0.25) is 9.59 Å². The minimum atomic E-state index is -0.320. The molecule has 1 heterocycles. The topological polar surface area (TPSA) is 52.6 Å². The molecule has 4 heteroatoms. The molecular formula is C17H22O4. The zero-order valence-corrected chi connectivity index (χ0v) is 12.9. The maximum Gasteiger partial charge on any atom is 0.306 e. The van der Waals surface area contributed by atoms with Crippen molar-refractivity contribution >= 4 is 11.8 Å². The van der Waals surface area contributed by atoms with Crippen LogP contribution in [0.4, 0.5) is 0 Å². The number of ketones is 1. The van der Waals surface area contributed by atoms with Crippen molar-refractivity contribution < 1.29 is 19.1 Å². The minimum absolute atomic E-state index is 0.0713. The summed E-state index contributed by atoms with van der Waals surface area (Å²) in [7, 11) is 0. The molecule has 2 rings (SSSR count). The van der Waals surface area contributed by atoms with Crippen LogP contribution in [0.1, 0.15) is 56.0 Å². The molecule has 0 N–H and O–H groups in total. The van der Waals surface area contributed by atoms with Crippen molar-refractivity contribution in [3.63, 3.8) is 0 Å². The summed E-state index contributed by atoms with van der Waals surface area (Å²) in [5.74, 6) is 0.284. The van der Waals surface area contributed by atoms with E-state index in [0.717, 1.165) is 18.4 Å². The Morgan fingerprint density at radius 1 is 1.29 bits per heavy atom. The molecule has 1 aromatic carbocycles. The lowest BCUT2D eigenvalue weighted by molar-refractivity contribution is -0.143. The third kappa shape index (κ3) is 3.84. The summed E-state index contributed by atoms with van der Waals surface area (Å²) in [6.45, 7) is 6.35. The smallest absolute Gasteiger partial charge is 0.306 e. The first-order valence-corrected chi connectivity index (χ1v) is 7.42. The molecule has 1 aliphatic rings. The van der Waals surface area contributed by atoms with Gasteiger partial charge in [-0.25, -0.2) is 0 Å². The van der Waals surface area contributed by atoms with E-state index in [4.69, 9.17) is 9.47 Å². The highest BCUT2D eigenvalue weighted by molar-refractivity contribution is 6.00. The summed E-state index contributed by atoms with van der Waals surface area (Å²) in [4.78, 5) is 23.8. The molecule has 1 aliphatic heterocycles. The predicted molar refractivity (Wildman–Crippen MR) is 79.7 cm³/mol. The van der Waals surface area contributed by atoms with E-state index in [9.17, 15) is 9.59 Å². The number of Topliss-reactive ketones (excluding diaryl/α,β-unsaturated/α-hetero) is 1. The molecule has 0 saturated heterocycles. The highest BCUT2D eigenvalue weighted by Crippen LogP contribution is 2.38. The van der Waals surface area contributed by atoms with Gasteiger partial charge >= 0.3 is 5.97 Å². The fraction of sp³-hybridized carbons (Fsp3) is 0.529. The molecule has 114 valence electrons. The first kappa shape index (κ1) is 15.5. The molecule has 0 bridgehead atoms. The van der Waals surface area contributed by atoms with Gasteiger partial charge in [0.25, 0.3) is 0 Å². The van der Waals surface area contributed by atoms with Gasteiger partial charge in [-0.1, -0.05) is 19.1 Å². The number of ether oxygens (including phenoxy) is 2. The summed E-state index contributed by atoms with van der Waals surface area (Å²) in [5.41, 5.74) is 1.35. The van der Waals surface area contributed by atoms with Crippen LogP contribution in [-0.4, -0.2) is 24.0 Å². The largest absolute Gasteiger partial charge is 0.486 e. The summed E-state index contributed by atoms with van der Waals surface area (Å²) in [5, 5.41) is 0. The normalized spacial score (nSPS) is 15.2. The number of esters is 1. The van der Waals surface area contributed by atoms with Crippen LogP contribution in [0.3, 0.4) is 0 Å². The van der Waals surface area contributed by atoms with Gasteiger partial charge in [0.2, 0.25) is 0 Å². The summed E-state index contributed by atoms with van der Waals surface area (Å²) >= 11 is 0. The second kappa shape index (κ2) is 6.29. The van der Waals surface area contributed by atoms with Gasteiger partial charge in [0.15, 0.2) is 5.78 Å². The van der Waals surface area contributed by atoms with E-state index in [2.05, 4.69) is 0 Å². The third-order valence-corrected chi connectivity index (χ3v) is 3.41. The third-order valence-electron chi connectivity index (χ3n) is 3.41. The van der Waals surface area contributed by atoms with Crippen molar-refractivity contribution in [3.05, 3.63) is 29.3 Å². The van der Waals surface area contributed by atoms with E-state index in [-0.39, 0.29) is 30.2 Å². The van der Waals surface area contributed by atoms with E-state index in [0.29, 0.717) is 17.9 Å². The molecule has 0 unspecified atom stereocenters. The quantitative estimate of drug-likeness (QED) is 0.596. The standard InChI is InChI=1S/C17H22O4/c1-4-10-20-15(19)9-8-14(18)13-7-5-6-12-11-17(2,3)21-16(12)13/h5-7H,4,8-11H2,1-3H3. The Morgan fingerprint density at radius 2 is 2.05 bits per heavy atom. The monoisotopic (exact) mass is 290 g/mol. The molecule has 0 saturated carbocycles. The second-order valence-corrected chi connectivity index (χ2v) is 5.98. The summed E-state index contributed by atoms with van der Waals surface area (Å²) in [6, 6.07) is 5.61. The van der Waals surface area contributed by atoms with Gasteiger partial charge in [-0.2, -0.15) is 0 Å². The van der Waals surface area contributed by atoms with Crippen molar-refractivity contribution in [3.8, 4) is 5.75 Å². The van der Waals surface area contributed by atoms with Crippen LogP contribution in [0.2, 0.25) is 0 Å². The molecule has 0 atom stereocenters. The lowest BCUT2D eigenvalue weighted by Gasteiger charge is -2.18. The predicted octanol–water partition coefficient (Wildman–Crippen LogP) is 3.32. The number of hydrogen-bond donors (Lipinski definition) is 0. The fourth-order valence-electron chi connectivity index (χ4n) is 2.47. The maximum absolute atomic E-state index is 12.3. The van der Waals surface area contributed by atoms with Gasteiger partial charge in [-0.15, -0.1) is 0 Å². The van der Waals surface area contributed by atoms with E-state index >= 15 is 0 Å². The zero-order valence-electron chi connectivity index (χ0n) is 12.9. The second-order valence-electron chi connectivity index (χ2n) is 5.98. The van der Waals surface area contributed by atoms with E-state index in [1.54, 1.807) is 6.07 Å². The van der Waals surface area contributed by atoms with E-state index in [1.165, 1.54) is 0 Å². The number of benzene rings is 1. The molecule has 0 aliphatic carbocycles. The van der Waals surface area contributed by atoms with Crippen LogP contribution in [0.15, 0.2) is 18.2 Å². The lowest BCUT2D eigenvalue weighted by atomic mass is 9.98. The molecule has 0 aromatic heterocycles. The van der Waals surface area contributed by atoms with Crippen LogP contribution in [0, 0.1) is 0 Å². The van der Waals surface area contributed by atoms with Crippen LogP contribution in [-0.2, 0) is 16.0 Å². The van der Waals surface area contributed by atoms with Gasteiger partial charge in [-0.05, 0) is 31.9 Å². The van der Waals surface area contributed by atoms with Crippen LogP contribution < -0.4 is 4.74 Å².